The van der Waals surface area contributed by atoms with Crippen LogP contribution in [-0.4, -0.2) is 27.1 Å². The van der Waals surface area contributed by atoms with E-state index in [0.717, 1.165) is 16.0 Å². The largest absolute Gasteiger partial charge is 0.256 e. The van der Waals surface area contributed by atoms with Gasteiger partial charge in [-0.2, -0.15) is 0 Å². The molecule has 0 saturated carbocycles. The van der Waals surface area contributed by atoms with Crippen molar-refractivity contribution in [2.75, 3.05) is 6.54 Å². The summed E-state index contributed by atoms with van der Waals surface area (Å²) in [4.78, 5) is 0.761. The van der Waals surface area contributed by atoms with Crippen molar-refractivity contribution >= 4 is 31.8 Å². The highest BCUT2D eigenvalue weighted by Crippen LogP contribution is 2.38. The molecular weight excluding hydrogens is 499 g/mol. The van der Waals surface area contributed by atoms with E-state index in [4.69, 9.17) is 0 Å². The zero-order valence-electron chi connectivity index (χ0n) is 19.1. The molecule has 180 valence electrons. The third kappa shape index (κ3) is 5.85. The van der Waals surface area contributed by atoms with Gasteiger partial charge in [0, 0.05) is 16.7 Å². The zero-order chi connectivity index (χ0) is 24.9. The Hall–Kier alpha value is -2.91. The standard InChI is InChI=1S/C27H25NO4S3/c1-22-17-19-24(20-18-22)33-27(23-11-5-2-6-12-23)21-28(34(29,30)25-13-7-3-8-14-25)35(31,32)26-15-9-4-10-16-26/h2-20,27H,21H2,1H3. The van der Waals surface area contributed by atoms with Crippen molar-refractivity contribution in [2.24, 2.45) is 0 Å². The van der Waals surface area contributed by atoms with Crippen molar-refractivity contribution in [3.63, 3.8) is 0 Å². The molecule has 0 bridgehead atoms. The number of aryl methyl sites for hydroxylation is 1. The maximum atomic E-state index is 13.8. The molecule has 0 fully saturated rings. The predicted molar refractivity (Wildman–Crippen MR) is 140 cm³/mol. The lowest BCUT2D eigenvalue weighted by atomic mass is 10.1. The first-order valence-corrected chi connectivity index (χ1v) is 14.7. The Morgan fingerprint density at radius 1 is 0.629 bits per heavy atom. The van der Waals surface area contributed by atoms with Gasteiger partial charge in [-0.25, -0.2) is 16.8 Å². The highest BCUT2D eigenvalue weighted by atomic mass is 32.3. The maximum Gasteiger partial charge on any atom is 0.256 e. The molecule has 0 heterocycles. The van der Waals surface area contributed by atoms with Crippen molar-refractivity contribution < 1.29 is 16.8 Å². The summed E-state index contributed by atoms with van der Waals surface area (Å²) in [5, 5.41) is -0.476. The van der Waals surface area contributed by atoms with Gasteiger partial charge in [0.15, 0.2) is 0 Å². The molecule has 1 unspecified atom stereocenters. The predicted octanol–water partition coefficient (Wildman–Crippen LogP) is 5.91. The van der Waals surface area contributed by atoms with E-state index in [1.807, 2.05) is 61.5 Å². The highest BCUT2D eigenvalue weighted by molar-refractivity contribution is 8.04. The summed E-state index contributed by atoms with van der Waals surface area (Å²) in [5.74, 6) is 0. The number of nitrogens with zero attached hydrogens (tertiary/aromatic N) is 1. The monoisotopic (exact) mass is 523 g/mol. The third-order valence-electron chi connectivity index (χ3n) is 5.40. The molecule has 0 amide bonds. The summed E-state index contributed by atoms with van der Waals surface area (Å²) in [7, 11) is -8.75. The average Bonchev–Trinajstić information content (AvgIpc) is 2.89. The fraction of sp³-hybridized carbons (Fsp3) is 0.111. The SMILES string of the molecule is Cc1ccc(SC(CN(S(=O)(=O)c2ccccc2)S(=O)(=O)c2ccccc2)c2ccccc2)cc1. The van der Waals surface area contributed by atoms with E-state index in [1.165, 1.54) is 36.0 Å². The Balaban J connectivity index is 1.82. The summed E-state index contributed by atoms with van der Waals surface area (Å²) in [6.45, 7) is 1.72. The van der Waals surface area contributed by atoms with Gasteiger partial charge in [0.05, 0.1) is 9.79 Å². The molecule has 4 rings (SSSR count). The van der Waals surface area contributed by atoms with Gasteiger partial charge < -0.3 is 0 Å². The summed E-state index contributed by atoms with van der Waals surface area (Å²) in [6.07, 6.45) is 0. The van der Waals surface area contributed by atoms with E-state index in [2.05, 4.69) is 0 Å². The van der Waals surface area contributed by atoms with Crippen LogP contribution in [0.15, 0.2) is 130 Å². The molecule has 0 spiro atoms. The summed E-state index contributed by atoms with van der Waals surface area (Å²) >= 11 is 1.43. The van der Waals surface area contributed by atoms with Crippen LogP contribution in [-0.2, 0) is 20.0 Å². The quantitative estimate of drug-likeness (QED) is 0.255. The van der Waals surface area contributed by atoms with E-state index >= 15 is 0 Å². The number of sulfonamides is 2. The minimum atomic E-state index is -4.38. The minimum Gasteiger partial charge on any atom is -0.206 e. The number of thioether (sulfide) groups is 1. The van der Waals surface area contributed by atoms with Gasteiger partial charge in [-0.1, -0.05) is 88.1 Å². The normalized spacial score (nSPS) is 13.0. The molecule has 0 aromatic heterocycles. The molecule has 0 N–H and O–H groups in total. The molecule has 1 atom stereocenters. The van der Waals surface area contributed by atoms with E-state index in [0.29, 0.717) is 3.71 Å². The topological polar surface area (TPSA) is 71.5 Å². The van der Waals surface area contributed by atoms with E-state index < -0.39 is 25.3 Å². The van der Waals surface area contributed by atoms with E-state index in [1.54, 1.807) is 36.4 Å². The van der Waals surface area contributed by atoms with Crippen LogP contribution < -0.4 is 0 Å². The van der Waals surface area contributed by atoms with Gasteiger partial charge in [0.25, 0.3) is 20.0 Å². The van der Waals surface area contributed by atoms with E-state index in [9.17, 15) is 16.8 Å². The second-order valence-electron chi connectivity index (χ2n) is 7.92. The lowest BCUT2D eigenvalue weighted by molar-refractivity contribution is 0.496. The Morgan fingerprint density at radius 2 is 1.06 bits per heavy atom. The van der Waals surface area contributed by atoms with Crippen molar-refractivity contribution in [3.8, 4) is 0 Å². The molecule has 4 aromatic carbocycles. The molecule has 0 aliphatic rings. The van der Waals surface area contributed by atoms with Crippen LogP contribution in [0.25, 0.3) is 0 Å². The first-order valence-electron chi connectivity index (χ1n) is 10.9. The lowest BCUT2D eigenvalue weighted by Crippen LogP contribution is -2.39. The Labute approximate surface area is 211 Å². The van der Waals surface area contributed by atoms with Crippen LogP contribution in [0, 0.1) is 6.92 Å². The summed E-state index contributed by atoms with van der Waals surface area (Å²) in [5.41, 5.74) is 1.93. The van der Waals surface area contributed by atoms with Crippen molar-refractivity contribution in [3.05, 3.63) is 126 Å². The average molecular weight is 524 g/mol. The van der Waals surface area contributed by atoms with Gasteiger partial charge in [-0.3, -0.25) is 0 Å². The van der Waals surface area contributed by atoms with E-state index in [-0.39, 0.29) is 16.3 Å². The summed E-state index contributed by atoms with van der Waals surface area (Å²) in [6, 6.07) is 32.6. The molecule has 0 radical (unpaired) electrons. The number of hydrogen-bond donors (Lipinski definition) is 0. The van der Waals surface area contributed by atoms with Crippen LogP contribution >= 0.6 is 11.8 Å². The van der Waals surface area contributed by atoms with Gasteiger partial charge in [0.2, 0.25) is 0 Å². The Morgan fingerprint density at radius 3 is 1.51 bits per heavy atom. The zero-order valence-corrected chi connectivity index (χ0v) is 21.5. The molecule has 35 heavy (non-hydrogen) atoms. The molecular formula is C27H25NO4S3. The lowest BCUT2D eigenvalue weighted by Gasteiger charge is -2.27. The second-order valence-corrected chi connectivity index (χ2v) is 13.2. The van der Waals surface area contributed by atoms with Gasteiger partial charge >= 0.3 is 0 Å². The first kappa shape index (κ1) is 25.2. The molecule has 0 saturated heterocycles. The fourth-order valence-corrected chi connectivity index (χ4v) is 8.58. The second kappa shape index (κ2) is 10.8. The number of rotatable bonds is 9. The van der Waals surface area contributed by atoms with Crippen LogP contribution in [0.2, 0.25) is 0 Å². The third-order valence-corrected chi connectivity index (χ3v) is 10.9. The van der Waals surface area contributed by atoms with Crippen molar-refractivity contribution in [2.45, 2.75) is 26.9 Å². The first-order chi connectivity index (χ1) is 16.8. The molecule has 4 aromatic rings. The number of hydrogen-bond acceptors (Lipinski definition) is 5. The molecule has 0 aliphatic carbocycles. The minimum absolute atomic E-state index is 0.0772. The smallest absolute Gasteiger partial charge is 0.206 e. The van der Waals surface area contributed by atoms with Gasteiger partial charge in [0.1, 0.15) is 0 Å². The fourth-order valence-electron chi connectivity index (χ4n) is 3.54. The van der Waals surface area contributed by atoms with Crippen LogP contribution in [0.5, 0.6) is 0 Å². The van der Waals surface area contributed by atoms with Crippen LogP contribution in [0.4, 0.5) is 0 Å². The highest BCUT2D eigenvalue weighted by Gasteiger charge is 2.38. The van der Waals surface area contributed by atoms with Crippen LogP contribution in [0.3, 0.4) is 0 Å². The van der Waals surface area contributed by atoms with Crippen LogP contribution in [0.1, 0.15) is 16.4 Å². The van der Waals surface area contributed by atoms with Gasteiger partial charge in [-0.05, 0) is 48.9 Å². The molecule has 0 aliphatic heterocycles. The number of benzene rings is 4. The Bertz CT molecular complexity index is 1390. The van der Waals surface area contributed by atoms with Crippen molar-refractivity contribution in [1.82, 2.24) is 3.71 Å². The molecule has 8 heteroatoms. The Kier molecular flexibility index (Phi) is 7.76. The van der Waals surface area contributed by atoms with Crippen molar-refractivity contribution in [1.29, 1.82) is 0 Å². The summed E-state index contributed by atoms with van der Waals surface area (Å²) < 4.78 is 55.7. The maximum absolute atomic E-state index is 13.8. The molecule has 5 nitrogen and oxygen atoms in total. The van der Waals surface area contributed by atoms with Gasteiger partial charge in [-0.15, -0.1) is 11.8 Å².